The Hall–Kier alpha value is -2.93. The summed E-state index contributed by atoms with van der Waals surface area (Å²) >= 11 is 0. The van der Waals surface area contributed by atoms with E-state index in [2.05, 4.69) is 10.6 Å². The van der Waals surface area contributed by atoms with Gasteiger partial charge in [-0.15, -0.1) is 0 Å². The number of rotatable bonds is 8. The number of hydrogen-bond donors (Lipinski definition) is 3. The summed E-state index contributed by atoms with van der Waals surface area (Å²) in [5.74, 6) is -1.24. The van der Waals surface area contributed by atoms with Crippen molar-refractivity contribution in [3.8, 4) is 5.75 Å². The van der Waals surface area contributed by atoms with Crippen molar-refractivity contribution >= 4 is 17.5 Å². The second kappa shape index (κ2) is 9.68. The van der Waals surface area contributed by atoms with Crippen molar-refractivity contribution in [3.63, 3.8) is 0 Å². The molecule has 0 bridgehead atoms. The molecule has 2 atom stereocenters. The van der Waals surface area contributed by atoms with Gasteiger partial charge >= 0.3 is 0 Å². The lowest BCUT2D eigenvalue weighted by atomic mass is 10.1. The fraction of sp³-hybridized carbons (Fsp3) is 0.300. The van der Waals surface area contributed by atoms with Crippen LogP contribution in [0.25, 0.3) is 0 Å². The maximum absolute atomic E-state index is 13.7. The Balaban J connectivity index is 1.99. The number of ether oxygens (including phenoxy) is 1. The van der Waals surface area contributed by atoms with Crippen LogP contribution in [0.5, 0.6) is 5.75 Å². The van der Waals surface area contributed by atoms with E-state index in [0.717, 1.165) is 0 Å². The number of carbonyl (C=O) groups is 2. The summed E-state index contributed by atoms with van der Waals surface area (Å²) in [7, 11) is 0. The average molecular weight is 374 g/mol. The third-order valence-electron chi connectivity index (χ3n) is 3.84. The lowest BCUT2D eigenvalue weighted by Gasteiger charge is -2.18. The normalized spacial score (nSPS) is 12.7. The van der Waals surface area contributed by atoms with Crippen LogP contribution in [0, 0.1) is 5.82 Å². The summed E-state index contributed by atoms with van der Waals surface area (Å²) in [6.07, 6.45) is -0.491. The minimum Gasteiger partial charge on any atom is -0.478 e. The van der Waals surface area contributed by atoms with Gasteiger partial charge in [-0.3, -0.25) is 9.59 Å². The summed E-state index contributed by atoms with van der Waals surface area (Å²) in [6, 6.07) is 11.9. The number of nitrogens with one attached hydrogen (secondary N) is 2. The highest BCUT2D eigenvalue weighted by Gasteiger charge is 2.20. The molecule has 0 saturated heterocycles. The third-order valence-corrected chi connectivity index (χ3v) is 3.84. The zero-order valence-corrected chi connectivity index (χ0v) is 15.2. The second-order valence-electron chi connectivity index (χ2n) is 6.07. The molecule has 0 aliphatic rings. The number of amides is 2. The van der Waals surface area contributed by atoms with Crippen LogP contribution in [-0.2, 0) is 4.79 Å². The first kappa shape index (κ1) is 20.4. The fourth-order valence-electron chi connectivity index (χ4n) is 2.30. The lowest BCUT2D eigenvalue weighted by molar-refractivity contribution is -0.122. The topological polar surface area (TPSA) is 87.7 Å². The number of aliphatic hydroxyl groups is 1. The van der Waals surface area contributed by atoms with E-state index in [1.807, 2.05) is 0 Å². The first-order valence-electron chi connectivity index (χ1n) is 8.68. The summed E-state index contributed by atoms with van der Waals surface area (Å²) in [5, 5.41) is 14.3. The summed E-state index contributed by atoms with van der Waals surface area (Å²) in [6.45, 7) is 3.30. The molecule has 0 aliphatic carbocycles. The molecule has 2 amide bonds. The van der Waals surface area contributed by atoms with Gasteiger partial charge in [0.15, 0.2) is 17.7 Å². The molecule has 0 heterocycles. The van der Waals surface area contributed by atoms with Crippen LogP contribution >= 0.6 is 0 Å². The molecular weight excluding hydrogens is 351 g/mol. The first-order valence-corrected chi connectivity index (χ1v) is 8.68. The van der Waals surface area contributed by atoms with Crippen LogP contribution in [0.3, 0.4) is 0 Å². The van der Waals surface area contributed by atoms with Crippen LogP contribution in [0.1, 0.15) is 30.6 Å². The van der Waals surface area contributed by atoms with E-state index >= 15 is 0 Å². The molecule has 27 heavy (non-hydrogen) atoms. The molecule has 7 heteroatoms. The molecule has 0 aliphatic heterocycles. The van der Waals surface area contributed by atoms with Crippen molar-refractivity contribution in [2.24, 2.45) is 0 Å². The minimum atomic E-state index is -0.852. The average Bonchev–Trinajstić information content (AvgIpc) is 2.67. The zero-order valence-electron chi connectivity index (χ0n) is 15.2. The molecule has 144 valence electrons. The predicted octanol–water partition coefficient (Wildman–Crippen LogP) is 2.73. The van der Waals surface area contributed by atoms with Gasteiger partial charge in [-0.1, -0.05) is 19.1 Å². The van der Waals surface area contributed by atoms with Gasteiger partial charge < -0.3 is 20.5 Å². The molecule has 0 spiro atoms. The molecule has 0 radical (unpaired) electrons. The van der Waals surface area contributed by atoms with E-state index in [1.54, 1.807) is 50.2 Å². The van der Waals surface area contributed by atoms with Crippen LogP contribution in [-0.4, -0.2) is 35.7 Å². The molecule has 2 rings (SSSR count). The minimum absolute atomic E-state index is 0.0181. The number of hydrogen-bond acceptors (Lipinski definition) is 4. The van der Waals surface area contributed by atoms with Crippen LogP contribution in [0.2, 0.25) is 0 Å². The zero-order chi connectivity index (χ0) is 19.8. The summed E-state index contributed by atoms with van der Waals surface area (Å²) < 4.78 is 19.2. The van der Waals surface area contributed by atoms with E-state index in [4.69, 9.17) is 9.84 Å². The van der Waals surface area contributed by atoms with Gasteiger partial charge in [-0.2, -0.15) is 0 Å². The molecule has 2 aromatic rings. The van der Waals surface area contributed by atoms with E-state index in [9.17, 15) is 14.0 Å². The quantitative estimate of drug-likeness (QED) is 0.663. The number of carbonyl (C=O) groups excluding carboxylic acids is 2. The number of halogens is 1. The number of aliphatic hydroxyl groups excluding tert-OH is 1. The van der Waals surface area contributed by atoms with Gasteiger partial charge in [0.25, 0.3) is 11.8 Å². The van der Waals surface area contributed by atoms with Gasteiger partial charge in [0.2, 0.25) is 0 Å². The highest BCUT2D eigenvalue weighted by atomic mass is 19.1. The number of para-hydroxylation sites is 1. The van der Waals surface area contributed by atoms with Gasteiger partial charge in [-0.25, -0.2) is 4.39 Å². The summed E-state index contributed by atoms with van der Waals surface area (Å²) in [5.41, 5.74) is 0.894. The SMILES string of the molecule is CC[C@@H](Oc1ccccc1F)C(=O)Nc1ccc(C(=O)N[C@@H](C)CO)cc1. The Morgan fingerprint density at radius 2 is 1.81 bits per heavy atom. The van der Waals surface area contributed by atoms with Crippen LogP contribution in [0.15, 0.2) is 48.5 Å². The third kappa shape index (κ3) is 5.79. The molecule has 0 aromatic heterocycles. The lowest BCUT2D eigenvalue weighted by Crippen LogP contribution is -2.35. The number of anilines is 1. The van der Waals surface area contributed by atoms with E-state index in [-0.39, 0.29) is 24.3 Å². The predicted molar refractivity (Wildman–Crippen MR) is 100 cm³/mol. The summed E-state index contributed by atoms with van der Waals surface area (Å²) in [4.78, 5) is 24.4. The highest BCUT2D eigenvalue weighted by Crippen LogP contribution is 2.19. The van der Waals surface area contributed by atoms with Crippen LogP contribution in [0.4, 0.5) is 10.1 Å². The molecule has 0 unspecified atom stereocenters. The standard InChI is InChI=1S/C20H23FN2O4/c1-3-17(27-18-7-5-4-6-16(18)21)20(26)23-15-10-8-14(9-11-15)19(25)22-13(2)12-24/h4-11,13,17,24H,3,12H2,1-2H3,(H,22,25)(H,23,26)/t13-,17+/m0/s1. The maximum atomic E-state index is 13.7. The van der Waals surface area contributed by atoms with Crippen molar-refractivity contribution in [1.82, 2.24) is 5.32 Å². The Morgan fingerprint density at radius 3 is 2.41 bits per heavy atom. The Labute approximate surface area is 157 Å². The van der Waals surface area contributed by atoms with Crippen molar-refractivity contribution in [2.45, 2.75) is 32.4 Å². The van der Waals surface area contributed by atoms with E-state index < -0.39 is 17.8 Å². The highest BCUT2D eigenvalue weighted by molar-refractivity contribution is 5.97. The monoisotopic (exact) mass is 374 g/mol. The fourth-order valence-corrected chi connectivity index (χ4v) is 2.30. The van der Waals surface area contributed by atoms with Crippen molar-refractivity contribution in [1.29, 1.82) is 0 Å². The van der Waals surface area contributed by atoms with Crippen molar-refractivity contribution in [2.75, 3.05) is 11.9 Å². The second-order valence-corrected chi connectivity index (χ2v) is 6.07. The van der Waals surface area contributed by atoms with Crippen LogP contribution < -0.4 is 15.4 Å². The van der Waals surface area contributed by atoms with Crippen molar-refractivity contribution < 1.29 is 23.8 Å². The largest absolute Gasteiger partial charge is 0.478 e. The molecule has 6 nitrogen and oxygen atoms in total. The Morgan fingerprint density at radius 1 is 1.15 bits per heavy atom. The molecule has 0 fully saturated rings. The Kier molecular flexibility index (Phi) is 7.31. The first-order chi connectivity index (χ1) is 12.9. The van der Waals surface area contributed by atoms with Gasteiger partial charge in [0.05, 0.1) is 6.61 Å². The van der Waals surface area contributed by atoms with Gasteiger partial charge in [0.1, 0.15) is 0 Å². The Bertz CT molecular complexity index is 780. The molecule has 0 saturated carbocycles. The van der Waals surface area contributed by atoms with E-state index in [0.29, 0.717) is 17.7 Å². The molecule has 3 N–H and O–H groups in total. The van der Waals surface area contributed by atoms with E-state index in [1.165, 1.54) is 12.1 Å². The van der Waals surface area contributed by atoms with Crippen molar-refractivity contribution in [3.05, 3.63) is 59.9 Å². The number of benzene rings is 2. The molecule has 2 aromatic carbocycles. The smallest absolute Gasteiger partial charge is 0.265 e. The van der Waals surface area contributed by atoms with Gasteiger partial charge in [0, 0.05) is 17.3 Å². The maximum Gasteiger partial charge on any atom is 0.265 e. The van der Waals surface area contributed by atoms with Gasteiger partial charge in [-0.05, 0) is 49.7 Å². The molecular formula is C20H23FN2O4.